The molecule has 1 aliphatic heterocycles. The average molecular weight is 366 g/mol. The Balaban J connectivity index is 1.50. The molecule has 1 unspecified atom stereocenters. The zero-order chi connectivity index (χ0) is 19.1. The maximum atomic E-state index is 12.6. The molecule has 0 radical (unpaired) electrons. The fourth-order valence-electron chi connectivity index (χ4n) is 3.60. The van der Waals surface area contributed by atoms with Gasteiger partial charge < -0.3 is 10.2 Å². The third-order valence-electron chi connectivity index (χ3n) is 5.42. The van der Waals surface area contributed by atoms with Gasteiger partial charge in [0.05, 0.1) is 5.92 Å². The van der Waals surface area contributed by atoms with E-state index in [-0.39, 0.29) is 11.8 Å². The number of rotatable bonds is 7. The normalized spacial score (nSPS) is 16.8. The Morgan fingerprint density at radius 2 is 1.59 bits per heavy atom. The summed E-state index contributed by atoms with van der Waals surface area (Å²) in [6.45, 7) is 8.19. The fourth-order valence-corrected chi connectivity index (χ4v) is 3.60. The summed E-state index contributed by atoms with van der Waals surface area (Å²) in [5.41, 5.74) is 3.57. The number of nitrogens with zero attached hydrogens (tertiary/aromatic N) is 2. The summed E-state index contributed by atoms with van der Waals surface area (Å²) in [4.78, 5) is 17.5. The fraction of sp³-hybridized carbons (Fsp3) is 0.435. The Morgan fingerprint density at radius 1 is 0.963 bits per heavy atom. The molecule has 1 amide bonds. The van der Waals surface area contributed by atoms with Crippen molar-refractivity contribution in [3.05, 3.63) is 71.3 Å². The van der Waals surface area contributed by atoms with E-state index >= 15 is 0 Å². The molecular weight excluding hydrogens is 334 g/mol. The zero-order valence-corrected chi connectivity index (χ0v) is 16.5. The molecule has 2 aromatic rings. The first kappa shape index (κ1) is 19.6. The number of piperazine rings is 1. The Kier molecular flexibility index (Phi) is 7.02. The molecule has 1 aliphatic rings. The van der Waals surface area contributed by atoms with Crippen molar-refractivity contribution in [2.75, 3.05) is 33.2 Å². The van der Waals surface area contributed by atoms with Gasteiger partial charge in [-0.25, -0.2) is 0 Å². The minimum Gasteiger partial charge on any atom is -0.351 e. The van der Waals surface area contributed by atoms with Gasteiger partial charge >= 0.3 is 0 Å². The molecule has 0 spiro atoms. The Morgan fingerprint density at radius 3 is 2.22 bits per heavy atom. The van der Waals surface area contributed by atoms with Crippen molar-refractivity contribution in [1.29, 1.82) is 0 Å². The first-order valence-electron chi connectivity index (χ1n) is 9.97. The third kappa shape index (κ3) is 5.65. The van der Waals surface area contributed by atoms with Gasteiger partial charge in [-0.2, -0.15) is 0 Å². The molecule has 1 N–H and O–H groups in total. The molecule has 1 fully saturated rings. The molecule has 0 saturated carbocycles. The van der Waals surface area contributed by atoms with Crippen LogP contribution in [0.1, 0.15) is 36.0 Å². The molecule has 0 aromatic heterocycles. The van der Waals surface area contributed by atoms with E-state index in [9.17, 15) is 4.79 Å². The predicted molar refractivity (Wildman–Crippen MR) is 111 cm³/mol. The van der Waals surface area contributed by atoms with E-state index in [0.717, 1.165) is 50.3 Å². The van der Waals surface area contributed by atoms with Crippen molar-refractivity contribution in [1.82, 2.24) is 15.1 Å². The molecule has 4 heteroatoms. The van der Waals surface area contributed by atoms with E-state index in [0.29, 0.717) is 6.54 Å². The molecule has 1 atom stereocenters. The number of hydrogen-bond donors (Lipinski definition) is 1. The van der Waals surface area contributed by atoms with Gasteiger partial charge in [-0.3, -0.25) is 9.69 Å². The standard InChI is InChI=1S/C23H31N3O/c1-3-22(21-7-5-4-6-8-21)23(27)24-17-19-9-11-20(12-10-19)18-26-15-13-25(2)14-16-26/h4-12,22H,3,13-18H2,1-2H3,(H,24,27). The van der Waals surface area contributed by atoms with E-state index in [1.165, 1.54) is 5.56 Å². The van der Waals surface area contributed by atoms with E-state index < -0.39 is 0 Å². The second-order valence-corrected chi connectivity index (χ2v) is 7.49. The zero-order valence-electron chi connectivity index (χ0n) is 16.5. The summed E-state index contributed by atoms with van der Waals surface area (Å²) < 4.78 is 0. The van der Waals surface area contributed by atoms with Crippen LogP contribution < -0.4 is 5.32 Å². The SMILES string of the molecule is CCC(C(=O)NCc1ccc(CN2CCN(C)CC2)cc1)c1ccccc1. The van der Waals surface area contributed by atoms with Crippen LogP contribution in [0.5, 0.6) is 0 Å². The van der Waals surface area contributed by atoms with Crippen LogP contribution >= 0.6 is 0 Å². The van der Waals surface area contributed by atoms with Crippen LogP contribution in [0.4, 0.5) is 0 Å². The predicted octanol–water partition coefficient (Wildman–Crippen LogP) is 3.24. The number of nitrogens with one attached hydrogen (secondary N) is 1. The van der Waals surface area contributed by atoms with Crippen molar-refractivity contribution < 1.29 is 4.79 Å². The Labute approximate surface area is 163 Å². The lowest BCUT2D eigenvalue weighted by Gasteiger charge is -2.32. The molecule has 4 nitrogen and oxygen atoms in total. The highest BCUT2D eigenvalue weighted by Crippen LogP contribution is 2.19. The summed E-state index contributed by atoms with van der Waals surface area (Å²) in [6.07, 6.45) is 0.805. The minimum atomic E-state index is -0.0808. The van der Waals surface area contributed by atoms with Gasteiger partial charge in [-0.1, -0.05) is 61.5 Å². The number of carbonyl (C=O) groups excluding carboxylic acids is 1. The highest BCUT2D eigenvalue weighted by molar-refractivity contribution is 5.83. The lowest BCUT2D eigenvalue weighted by Crippen LogP contribution is -2.43. The van der Waals surface area contributed by atoms with Gasteiger partial charge in [0.1, 0.15) is 0 Å². The number of likely N-dealkylation sites (N-methyl/N-ethyl adjacent to an activating group) is 1. The quantitative estimate of drug-likeness (QED) is 0.818. The molecule has 27 heavy (non-hydrogen) atoms. The molecule has 2 aromatic carbocycles. The highest BCUT2D eigenvalue weighted by Gasteiger charge is 2.18. The van der Waals surface area contributed by atoms with Crippen molar-refractivity contribution in [2.45, 2.75) is 32.4 Å². The van der Waals surface area contributed by atoms with E-state index in [1.807, 2.05) is 30.3 Å². The summed E-state index contributed by atoms with van der Waals surface area (Å²) in [5.74, 6) is 0.0212. The van der Waals surface area contributed by atoms with Gasteiger partial charge in [0.15, 0.2) is 0 Å². The van der Waals surface area contributed by atoms with Crippen LogP contribution in [0.3, 0.4) is 0 Å². The monoisotopic (exact) mass is 365 g/mol. The number of carbonyl (C=O) groups is 1. The van der Waals surface area contributed by atoms with Crippen LogP contribution in [0.2, 0.25) is 0 Å². The van der Waals surface area contributed by atoms with Gasteiger partial charge in [-0.15, -0.1) is 0 Å². The number of amides is 1. The van der Waals surface area contributed by atoms with Gasteiger partial charge in [-0.05, 0) is 30.2 Å². The van der Waals surface area contributed by atoms with Crippen LogP contribution in [-0.2, 0) is 17.9 Å². The van der Waals surface area contributed by atoms with Crippen LogP contribution in [0.25, 0.3) is 0 Å². The average Bonchev–Trinajstić information content (AvgIpc) is 2.70. The van der Waals surface area contributed by atoms with Crippen molar-refractivity contribution in [3.8, 4) is 0 Å². The molecular formula is C23H31N3O. The van der Waals surface area contributed by atoms with Gasteiger partial charge in [0, 0.05) is 39.3 Å². The van der Waals surface area contributed by atoms with Crippen molar-refractivity contribution in [3.63, 3.8) is 0 Å². The number of hydrogen-bond acceptors (Lipinski definition) is 3. The lowest BCUT2D eigenvalue weighted by molar-refractivity contribution is -0.122. The molecule has 0 bridgehead atoms. The molecule has 144 valence electrons. The molecule has 1 heterocycles. The van der Waals surface area contributed by atoms with E-state index in [1.54, 1.807) is 0 Å². The van der Waals surface area contributed by atoms with Gasteiger partial charge in [0.2, 0.25) is 5.91 Å². The highest BCUT2D eigenvalue weighted by atomic mass is 16.1. The first-order valence-corrected chi connectivity index (χ1v) is 9.97. The second-order valence-electron chi connectivity index (χ2n) is 7.49. The summed E-state index contributed by atoms with van der Waals surface area (Å²) in [5, 5.41) is 3.10. The summed E-state index contributed by atoms with van der Waals surface area (Å²) >= 11 is 0. The smallest absolute Gasteiger partial charge is 0.227 e. The molecule has 1 saturated heterocycles. The van der Waals surface area contributed by atoms with E-state index in [2.05, 4.69) is 53.4 Å². The second kappa shape index (κ2) is 9.67. The maximum absolute atomic E-state index is 12.6. The number of benzene rings is 2. The largest absolute Gasteiger partial charge is 0.351 e. The Bertz CT molecular complexity index is 706. The van der Waals surface area contributed by atoms with E-state index in [4.69, 9.17) is 0 Å². The third-order valence-corrected chi connectivity index (χ3v) is 5.42. The van der Waals surface area contributed by atoms with Crippen LogP contribution in [0.15, 0.2) is 54.6 Å². The molecule has 3 rings (SSSR count). The first-order chi connectivity index (χ1) is 13.2. The Hall–Kier alpha value is -2.17. The maximum Gasteiger partial charge on any atom is 0.227 e. The van der Waals surface area contributed by atoms with Crippen molar-refractivity contribution >= 4 is 5.91 Å². The van der Waals surface area contributed by atoms with Crippen LogP contribution in [-0.4, -0.2) is 48.9 Å². The van der Waals surface area contributed by atoms with Crippen molar-refractivity contribution in [2.24, 2.45) is 0 Å². The summed E-state index contributed by atoms with van der Waals surface area (Å²) in [6, 6.07) is 18.7. The van der Waals surface area contributed by atoms with Crippen LogP contribution in [0, 0.1) is 0 Å². The topological polar surface area (TPSA) is 35.6 Å². The summed E-state index contributed by atoms with van der Waals surface area (Å²) in [7, 11) is 2.18. The van der Waals surface area contributed by atoms with Gasteiger partial charge in [0.25, 0.3) is 0 Å². The molecule has 0 aliphatic carbocycles. The minimum absolute atomic E-state index is 0.0808. The lowest BCUT2D eigenvalue weighted by atomic mass is 9.95.